The molecule has 1 aromatic rings. The minimum atomic E-state index is -1.48. The molecule has 0 aromatic heterocycles. The van der Waals surface area contributed by atoms with E-state index in [4.69, 9.17) is 14.2 Å². The van der Waals surface area contributed by atoms with Crippen LogP contribution in [0, 0.1) is 0 Å². The van der Waals surface area contributed by atoms with E-state index in [-0.39, 0.29) is 6.54 Å². The average molecular weight is 353 g/mol. The first kappa shape index (κ1) is 20.6. The molecule has 0 heterocycles. The molecule has 0 aliphatic carbocycles. The van der Waals surface area contributed by atoms with Crippen molar-refractivity contribution in [2.24, 2.45) is 0 Å². The van der Waals surface area contributed by atoms with E-state index in [1.807, 2.05) is 0 Å². The van der Waals surface area contributed by atoms with Crippen molar-refractivity contribution in [3.05, 3.63) is 23.8 Å². The second-order valence-electron chi connectivity index (χ2n) is 7.08. The van der Waals surface area contributed by atoms with Crippen molar-refractivity contribution < 1.29 is 28.9 Å². The fourth-order valence-corrected chi connectivity index (χ4v) is 2.17. The molecule has 0 fully saturated rings. The van der Waals surface area contributed by atoms with Crippen LogP contribution in [0.4, 0.5) is 4.79 Å². The summed E-state index contributed by atoms with van der Waals surface area (Å²) < 4.78 is 16.0. The lowest BCUT2D eigenvalue weighted by Gasteiger charge is -2.36. The van der Waals surface area contributed by atoms with Crippen LogP contribution in [0.2, 0.25) is 0 Å². The molecule has 0 radical (unpaired) electrons. The number of hydrogen-bond donors (Lipinski definition) is 1. The van der Waals surface area contributed by atoms with Gasteiger partial charge < -0.3 is 19.3 Å². The van der Waals surface area contributed by atoms with Gasteiger partial charge in [0, 0.05) is 5.56 Å². The molecule has 7 heteroatoms. The van der Waals surface area contributed by atoms with Gasteiger partial charge in [-0.3, -0.25) is 4.90 Å². The molecule has 0 spiro atoms. The van der Waals surface area contributed by atoms with E-state index >= 15 is 0 Å². The number of ether oxygens (including phenoxy) is 3. The van der Waals surface area contributed by atoms with E-state index in [9.17, 15) is 14.7 Å². The van der Waals surface area contributed by atoms with Gasteiger partial charge in [0.25, 0.3) is 0 Å². The Kier molecular flexibility index (Phi) is 6.29. The van der Waals surface area contributed by atoms with Crippen LogP contribution in [-0.4, -0.2) is 47.4 Å². The number of rotatable bonds is 6. The summed E-state index contributed by atoms with van der Waals surface area (Å²) in [6.45, 7) is 8.07. The minimum absolute atomic E-state index is 0.00537. The average Bonchev–Trinajstić information content (AvgIpc) is 2.49. The fourth-order valence-electron chi connectivity index (χ4n) is 2.17. The van der Waals surface area contributed by atoms with Gasteiger partial charge in [-0.05, 0) is 40.7 Å². The molecule has 0 aliphatic rings. The number of carboxylic acid groups (broad SMARTS) is 1. The van der Waals surface area contributed by atoms with Gasteiger partial charge in [0.15, 0.2) is 11.5 Å². The molecule has 25 heavy (non-hydrogen) atoms. The van der Waals surface area contributed by atoms with Gasteiger partial charge in [0.05, 0.1) is 20.8 Å². The number of hydrogen-bond acceptors (Lipinski definition) is 5. The van der Waals surface area contributed by atoms with Crippen LogP contribution in [0.3, 0.4) is 0 Å². The van der Waals surface area contributed by atoms with E-state index in [1.165, 1.54) is 28.1 Å². The molecule has 7 nitrogen and oxygen atoms in total. The van der Waals surface area contributed by atoms with E-state index in [0.717, 1.165) is 4.90 Å². The highest BCUT2D eigenvalue weighted by molar-refractivity contribution is 5.83. The molecule has 0 saturated heterocycles. The standard InChI is InChI=1S/C18H27NO6/c1-17(2,3)25-16(22)19(18(4,5)15(20)21)11-12-9-8-10-13(23-6)14(12)24-7/h8-10H,11H2,1-7H3,(H,20,21). The Bertz CT molecular complexity index is 633. The highest BCUT2D eigenvalue weighted by Crippen LogP contribution is 2.33. The van der Waals surface area contributed by atoms with Crippen LogP contribution in [0.1, 0.15) is 40.2 Å². The van der Waals surface area contributed by atoms with Crippen LogP contribution < -0.4 is 9.47 Å². The smallest absolute Gasteiger partial charge is 0.411 e. The zero-order chi connectivity index (χ0) is 19.4. The van der Waals surface area contributed by atoms with Gasteiger partial charge in [0.1, 0.15) is 11.1 Å². The van der Waals surface area contributed by atoms with Crippen molar-refractivity contribution in [2.75, 3.05) is 14.2 Å². The third-order valence-electron chi connectivity index (χ3n) is 3.62. The van der Waals surface area contributed by atoms with Gasteiger partial charge in [-0.2, -0.15) is 0 Å². The molecule has 0 unspecified atom stereocenters. The Hall–Kier alpha value is -2.44. The van der Waals surface area contributed by atoms with Crippen molar-refractivity contribution in [2.45, 2.75) is 52.3 Å². The molecule has 0 bridgehead atoms. The van der Waals surface area contributed by atoms with Crippen molar-refractivity contribution >= 4 is 12.1 Å². The van der Waals surface area contributed by atoms with Gasteiger partial charge in [-0.1, -0.05) is 12.1 Å². The largest absolute Gasteiger partial charge is 0.493 e. The fraction of sp³-hybridized carbons (Fsp3) is 0.556. The lowest BCUT2D eigenvalue weighted by molar-refractivity contribution is -0.149. The lowest BCUT2D eigenvalue weighted by atomic mass is 10.0. The first-order valence-electron chi connectivity index (χ1n) is 7.88. The number of amides is 1. The van der Waals surface area contributed by atoms with Gasteiger partial charge in [0.2, 0.25) is 0 Å². The quantitative estimate of drug-likeness (QED) is 0.844. The number of para-hydroxylation sites is 1. The van der Waals surface area contributed by atoms with Crippen LogP contribution in [0.25, 0.3) is 0 Å². The second kappa shape index (κ2) is 7.63. The second-order valence-corrected chi connectivity index (χ2v) is 7.08. The predicted octanol–water partition coefficient (Wildman–Crippen LogP) is 3.30. The number of aliphatic carboxylic acids is 1. The summed E-state index contributed by atoms with van der Waals surface area (Å²) >= 11 is 0. The maximum absolute atomic E-state index is 12.6. The molecular formula is C18H27NO6. The molecule has 1 N–H and O–H groups in total. The SMILES string of the molecule is COc1cccc(CN(C(=O)OC(C)(C)C)C(C)(C)C(=O)O)c1OC. The number of carbonyl (C=O) groups is 2. The van der Waals surface area contributed by atoms with E-state index < -0.39 is 23.2 Å². The molecule has 1 aromatic carbocycles. The van der Waals surface area contributed by atoms with E-state index in [0.29, 0.717) is 17.1 Å². The summed E-state index contributed by atoms with van der Waals surface area (Å²) in [7, 11) is 3.00. The summed E-state index contributed by atoms with van der Waals surface area (Å²) in [6.07, 6.45) is -0.718. The summed E-state index contributed by atoms with van der Waals surface area (Å²) in [5.74, 6) is -0.197. The Labute approximate surface area is 148 Å². The summed E-state index contributed by atoms with van der Waals surface area (Å²) in [5.41, 5.74) is -1.61. The number of methoxy groups -OCH3 is 2. The van der Waals surface area contributed by atoms with Gasteiger partial charge >= 0.3 is 12.1 Å². The first-order valence-corrected chi connectivity index (χ1v) is 7.88. The molecular weight excluding hydrogens is 326 g/mol. The van der Waals surface area contributed by atoms with Crippen molar-refractivity contribution in [1.82, 2.24) is 4.90 Å². The maximum Gasteiger partial charge on any atom is 0.411 e. The Morgan fingerprint density at radius 2 is 1.68 bits per heavy atom. The minimum Gasteiger partial charge on any atom is -0.493 e. The Balaban J connectivity index is 3.31. The number of carbonyl (C=O) groups excluding carboxylic acids is 1. The lowest BCUT2D eigenvalue weighted by Crippen LogP contribution is -2.53. The van der Waals surface area contributed by atoms with Crippen molar-refractivity contribution in [3.8, 4) is 11.5 Å². The van der Waals surface area contributed by atoms with Gasteiger partial charge in [-0.15, -0.1) is 0 Å². The number of nitrogens with zero attached hydrogens (tertiary/aromatic N) is 1. The van der Waals surface area contributed by atoms with E-state index in [2.05, 4.69) is 0 Å². The van der Waals surface area contributed by atoms with Crippen LogP contribution >= 0.6 is 0 Å². The van der Waals surface area contributed by atoms with Gasteiger partial charge in [-0.25, -0.2) is 9.59 Å². The molecule has 140 valence electrons. The first-order chi connectivity index (χ1) is 11.4. The Morgan fingerprint density at radius 1 is 1.08 bits per heavy atom. The summed E-state index contributed by atoms with van der Waals surface area (Å²) in [5, 5.41) is 9.56. The third kappa shape index (κ3) is 5.01. The number of benzene rings is 1. The molecule has 1 amide bonds. The zero-order valence-corrected chi connectivity index (χ0v) is 15.9. The van der Waals surface area contributed by atoms with Crippen LogP contribution in [-0.2, 0) is 16.1 Å². The highest BCUT2D eigenvalue weighted by atomic mass is 16.6. The summed E-state index contributed by atoms with van der Waals surface area (Å²) in [4.78, 5) is 25.5. The van der Waals surface area contributed by atoms with Crippen LogP contribution in [0.5, 0.6) is 11.5 Å². The van der Waals surface area contributed by atoms with Crippen LogP contribution in [0.15, 0.2) is 18.2 Å². The highest BCUT2D eigenvalue weighted by Gasteiger charge is 2.40. The zero-order valence-electron chi connectivity index (χ0n) is 15.9. The Morgan fingerprint density at radius 3 is 2.12 bits per heavy atom. The monoisotopic (exact) mass is 353 g/mol. The predicted molar refractivity (Wildman–Crippen MR) is 93.0 cm³/mol. The molecule has 0 saturated carbocycles. The van der Waals surface area contributed by atoms with Crippen molar-refractivity contribution in [3.63, 3.8) is 0 Å². The van der Waals surface area contributed by atoms with E-state index in [1.54, 1.807) is 39.0 Å². The molecule has 1 rings (SSSR count). The topological polar surface area (TPSA) is 85.3 Å². The molecule has 0 aliphatic heterocycles. The summed E-state index contributed by atoms with van der Waals surface area (Å²) in [6, 6.07) is 5.22. The molecule has 0 atom stereocenters. The normalized spacial score (nSPS) is 11.6. The van der Waals surface area contributed by atoms with Crippen molar-refractivity contribution in [1.29, 1.82) is 0 Å². The third-order valence-corrected chi connectivity index (χ3v) is 3.62. The number of carboxylic acids is 1. The maximum atomic E-state index is 12.6.